The Morgan fingerprint density at radius 1 is 1.29 bits per heavy atom. The summed E-state index contributed by atoms with van der Waals surface area (Å²) in [5, 5.41) is 3.17. The van der Waals surface area contributed by atoms with Gasteiger partial charge in [-0.3, -0.25) is 0 Å². The van der Waals surface area contributed by atoms with E-state index in [4.69, 9.17) is 0 Å². The summed E-state index contributed by atoms with van der Waals surface area (Å²) in [6, 6.07) is 0.383. The second kappa shape index (κ2) is 6.84. The van der Waals surface area contributed by atoms with Crippen molar-refractivity contribution in [2.45, 2.75) is 39.2 Å². The van der Waals surface area contributed by atoms with Gasteiger partial charge in [0.25, 0.3) is 0 Å². The van der Waals surface area contributed by atoms with E-state index in [-0.39, 0.29) is 12.1 Å². The highest BCUT2D eigenvalue weighted by Crippen LogP contribution is 2.10. The zero-order valence-corrected chi connectivity index (χ0v) is 11.7. The molecule has 1 heterocycles. The second-order valence-corrected chi connectivity index (χ2v) is 5.73. The fraction of sp³-hybridized carbons (Fsp3) is 0.923. The number of amides is 2. The molecule has 1 atom stereocenters. The number of carbonyl (C=O) groups is 1. The lowest BCUT2D eigenvalue weighted by molar-refractivity contribution is 0.198. The number of carbonyl (C=O) groups excluding carboxylic acids is 1. The average molecular weight is 241 g/mol. The maximum atomic E-state index is 12.0. The SMILES string of the molecule is CC(C)CC(CN(C)C)NC(=O)N1CCCC1. The number of hydrogen-bond donors (Lipinski definition) is 1. The monoisotopic (exact) mass is 241 g/mol. The maximum Gasteiger partial charge on any atom is 0.317 e. The van der Waals surface area contributed by atoms with E-state index in [1.807, 2.05) is 4.90 Å². The Kier molecular flexibility index (Phi) is 5.75. The zero-order valence-electron chi connectivity index (χ0n) is 11.7. The smallest absolute Gasteiger partial charge is 0.317 e. The van der Waals surface area contributed by atoms with Crippen molar-refractivity contribution in [1.82, 2.24) is 15.1 Å². The van der Waals surface area contributed by atoms with E-state index in [1.54, 1.807) is 0 Å². The van der Waals surface area contributed by atoms with Gasteiger partial charge in [0, 0.05) is 25.7 Å². The molecule has 0 radical (unpaired) electrons. The second-order valence-electron chi connectivity index (χ2n) is 5.73. The summed E-state index contributed by atoms with van der Waals surface area (Å²) in [4.78, 5) is 16.1. The molecule has 0 bridgehead atoms. The molecule has 100 valence electrons. The van der Waals surface area contributed by atoms with E-state index in [0.717, 1.165) is 38.9 Å². The Balaban J connectivity index is 2.43. The number of nitrogens with one attached hydrogen (secondary N) is 1. The summed E-state index contributed by atoms with van der Waals surface area (Å²) < 4.78 is 0. The lowest BCUT2D eigenvalue weighted by Gasteiger charge is -2.26. The minimum atomic E-state index is 0.120. The van der Waals surface area contributed by atoms with E-state index < -0.39 is 0 Å². The Morgan fingerprint density at radius 3 is 2.35 bits per heavy atom. The highest BCUT2D eigenvalue weighted by atomic mass is 16.2. The summed E-state index contributed by atoms with van der Waals surface area (Å²) >= 11 is 0. The fourth-order valence-corrected chi connectivity index (χ4v) is 2.38. The molecule has 1 aliphatic rings. The van der Waals surface area contributed by atoms with Crippen LogP contribution in [0.5, 0.6) is 0 Å². The first kappa shape index (κ1) is 14.3. The van der Waals surface area contributed by atoms with Crippen LogP contribution >= 0.6 is 0 Å². The maximum absolute atomic E-state index is 12.0. The average Bonchev–Trinajstić information content (AvgIpc) is 2.67. The Labute approximate surface area is 105 Å². The summed E-state index contributed by atoms with van der Waals surface area (Å²) in [7, 11) is 4.10. The van der Waals surface area contributed by atoms with Crippen molar-refractivity contribution in [2.75, 3.05) is 33.7 Å². The summed E-state index contributed by atoms with van der Waals surface area (Å²) in [6.07, 6.45) is 3.34. The van der Waals surface area contributed by atoms with Gasteiger partial charge < -0.3 is 15.1 Å². The summed E-state index contributed by atoms with van der Waals surface area (Å²) in [6.45, 7) is 7.15. The molecule has 0 aromatic rings. The molecule has 0 saturated carbocycles. The molecular weight excluding hydrogens is 214 g/mol. The van der Waals surface area contributed by atoms with Crippen LogP contribution in [-0.2, 0) is 0 Å². The molecule has 1 unspecified atom stereocenters. The molecule has 1 saturated heterocycles. The van der Waals surface area contributed by atoms with Gasteiger partial charge in [0.05, 0.1) is 0 Å². The van der Waals surface area contributed by atoms with Crippen LogP contribution in [0.4, 0.5) is 4.79 Å². The highest BCUT2D eigenvalue weighted by Gasteiger charge is 2.21. The lowest BCUT2D eigenvalue weighted by atomic mass is 10.0. The van der Waals surface area contributed by atoms with Gasteiger partial charge in [-0.05, 0) is 39.3 Å². The zero-order chi connectivity index (χ0) is 12.8. The molecule has 2 amide bonds. The van der Waals surface area contributed by atoms with Crippen LogP contribution in [-0.4, -0.2) is 55.6 Å². The van der Waals surface area contributed by atoms with Crippen molar-refractivity contribution >= 4 is 6.03 Å². The molecule has 1 rings (SSSR count). The first-order valence-electron chi connectivity index (χ1n) is 6.69. The van der Waals surface area contributed by atoms with Crippen molar-refractivity contribution in [1.29, 1.82) is 0 Å². The first-order chi connectivity index (χ1) is 7.99. The minimum Gasteiger partial charge on any atom is -0.334 e. The van der Waals surface area contributed by atoms with E-state index in [0.29, 0.717) is 5.92 Å². The standard InChI is InChI=1S/C13H27N3O/c1-11(2)9-12(10-15(3)4)14-13(17)16-7-5-6-8-16/h11-12H,5-10H2,1-4H3,(H,14,17). The number of hydrogen-bond acceptors (Lipinski definition) is 2. The van der Waals surface area contributed by atoms with E-state index in [9.17, 15) is 4.79 Å². The molecule has 4 nitrogen and oxygen atoms in total. The van der Waals surface area contributed by atoms with Gasteiger partial charge in [-0.2, -0.15) is 0 Å². The molecule has 0 aromatic carbocycles. The summed E-state index contributed by atoms with van der Waals surface area (Å²) in [5.41, 5.74) is 0. The van der Waals surface area contributed by atoms with Crippen LogP contribution in [0.15, 0.2) is 0 Å². The van der Waals surface area contributed by atoms with Crippen molar-refractivity contribution in [3.8, 4) is 0 Å². The van der Waals surface area contributed by atoms with Crippen LogP contribution in [0.3, 0.4) is 0 Å². The molecule has 4 heteroatoms. The summed E-state index contributed by atoms with van der Waals surface area (Å²) in [5.74, 6) is 0.610. The quantitative estimate of drug-likeness (QED) is 0.796. The van der Waals surface area contributed by atoms with Crippen LogP contribution in [0.2, 0.25) is 0 Å². The molecule has 1 aliphatic heterocycles. The Morgan fingerprint density at radius 2 is 1.88 bits per heavy atom. The van der Waals surface area contributed by atoms with Gasteiger partial charge in [-0.1, -0.05) is 13.8 Å². The predicted octanol–water partition coefficient (Wildman–Crippen LogP) is 1.77. The molecular formula is C13H27N3O. The van der Waals surface area contributed by atoms with Crippen LogP contribution in [0, 0.1) is 5.92 Å². The first-order valence-corrected chi connectivity index (χ1v) is 6.69. The van der Waals surface area contributed by atoms with Crippen molar-refractivity contribution < 1.29 is 4.79 Å². The van der Waals surface area contributed by atoms with Gasteiger partial charge in [-0.15, -0.1) is 0 Å². The van der Waals surface area contributed by atoms with Crippen LogP contribution < -0.4 is 5.32 Å². The molecule has 0 aromatic heterocycles. The normalized spacial score (nSPS) is 17.9. The van der Waals surface area contributed by atoms with Gasteiger partial charge in [0.15, 0.2) is 0 Å². The number of likely N-dealkylation sites (N-methyl/N-ethyl adjacent to an activating group) is 1. The Hall–Kier alpha value is -0.770. The minimum absolute atomic E-state index is 0.120. The topological polar surface area (TPSA) is 35.6 Å². The van der Waals surface area contributed by atoms with Gasteiger partial charge in [0.2, 0.25) is 0 Å². The van der Waals surface area contributed by atoms with Gasteiger partial charge in [0.1, 0.15) is 0 Å². The van der Waals surface area contributed by atoms with Gasteiger partial charge >= 0.3 is 6.03 Å². The van der Waals surface area contributed by atoms with Crippen LogP contribution in [0.1, 0.15) is 33.1 Å². The van der Waals surface area contributed by atoms with Crippen molar-refractivity contribution in [3.63, 3.8) is 0 Å². The van der Waals surface area contributed by atoms with Crippen LogP contribution in [0.25, 0.3) is 0 Å². The largest absolute Gasteiger partial charge is 0.334 e. The number of urea groups is 1. The van der Waals surface area contributed by atoms with Gasteiger partial charge in [-0.25, -0.2) is 4.79 Å². The third kappa shape index (κ3) is 5.39. The van der Waals surface area contributed by atoms with E-state index in [2.05, 4.69) is 38.2 Å². The molecule has 17 heavy (non-hydrogen) atoms. The lowest BCUT2D eigenvalue weighted by Crippen LogP contribution is -2.47. The number of likely N-dealkylation sites (tertiary alicyclic amines) is 1. The van der Waals surface area contributed by atoms with E-state index >= 15 is 0 Å². The Bertz CT molecular complexity index is 225. The molecule has 1 N–H and O–H groups in total. The molecule has 1 fully saturated rings. The molecule has 0 spiro atoms. The number of rotatable bonds is 5. The predicted molar refractivity (Wildman–Crippen MR) is 71.1 cm³/mol. The van der Waals surface area contributed by atoms with E-state index in [1.165, 1.54) is 0 Å². The highest BCUT2D eigenvalue weighted by molar-refractivity contribution is 5.74. The number of nitrogens with zero attached hydrogens (tertiary/aromatic N) is 2. The fourth-order valence-electron chi connectivity index (χ4n) is 2.38. The van der Waals surface area contributed by atoms with Crippen molar-refractivity contribution in [2.24, 2.45) is 5.92 Å². The molecule has 0 aliphatic carbocycles. The third-order valence-corrected chi connectivity index (χ3v) is 3.06. The third-order valence-electron chi connectivity index (χ3n) is 3.06. The van der Waals surface area contributed by atoms with Crippen molar-refractivity contribution in [3.05, 3.63) is 0 Å².